The van der Waals surface area contributed by atoms with Crippen LogP contribution in [-0.4, -0.2) is 19.5 Å². The molecule has 0 saturated carbocycles. The topological polar surface area (TPSA) is 83.5 Å². The van der Waals surface area contributed by atoms with Crippen LogP contribution < -0.4 is 4.72 Å². The molecule has 3 rings (SSSR count). The second kappa shape index (κ2) is 6.57. The van der Waals surface area contributed by atoms with Gasteiger partial charge in [-0.25, -0.2) is 13.2 Å². The molecule has 7 heteroatoms. The minimum absolute atomic E-state index is 0.0629. The van der Waals surface area contributed by atoms with E-state index in [2.05, 4.69) is 20.7 Å². The number of fused-ring (bicyclic) bond motifs is 1. The quantitative estimate of drug-likeness (QED) is 0.803. The van der Waals surface area contributed by atoms with Crippen molar-refractivity contribution in [2.45, 2.75) is 30.6 Å². The zero-order chi connectivity index (χ0) is 17.3. The van der Waals surface area contributed by atoms with Gasteiger partial charge in [0.05, 0.1) is 16.1 Å². The van der Waals surface area contributed by atoms with Gasteiger partial charge >= 0.3 is 5.97 Å². The summed E-state index contributed by atoms with van der Waals surface area (Å²) in [5.74, 6) is -1.11. The Balaban J connectivity index is 2.03. The van der Waals surface area contributed by atoms with Gasteiger partial charge in [-0.15, -0.1) is 0 Å². The van der Waals surface area contributed by atoms with E-state index in [1.807, 2.05) is 6.07 Å². The number of aromatic carboxylic acids is 1. The van der Waals surface area contributed by atoms with E-state index in [0.717, 1.165) is 34.9 Å². The van der Waals surface area contributed by atoms with Gasteiger partial charge < -0.3 is 5.11 Å². The molecule has 1 aliphatic carbocycles. The molecule has 0 aliphatic heterocycles. The van der Waals surface area contributed by atoms with Crippen LogP contribution in [0.2, 0.25) is 0 Å². The van der Waals surface area contributed by atoms with Crippen LogP contribution in [0.4, 0.5) is 5.69 Å². The molecule has 0 amide bonds. The minimum atomic E-state index is -3.85. The van der Waals surface area contributed by atoms with Crippen molar-refractivity contribution in [3.05, 3.63) is 57.6 Å². The number of halogens is 1. The molecule has 0 aromatic heterocycles. The number of carboxylic acid groups (broad SMARTS) is 1. The Hall–Kier alpha value is -1.86. The zero-order valence-corrected chi connectivity index (χ0v) is 15.2. The molecule has 24 heavy (non-hydrogen) atoms. The maximum Gasteiger partial charge on any atom is 0.338 e. The number of hydrogen-bond acceptors (Lipinski definition) is 3. The largest absolute Gasteiger partial charge is 0.478 e. The van der Waals surface area contributed by atoms with Crippen molar-refractivity contribution in [2.24, 2.45) is 0 Å². The average Bonchev–Trinajstić information content (AvgIpc) is 2.54. The van der Waals surface area contributed by atoms with Gasteiger partial charge in [0.25, 0.3) is 10.0 Å². The Bertz CT molecular complexity index is 892. The monoisotopic (exact) mass is 409 g/mol. The van der Waals surface area contributed by atoms with Crippen LogP contribution in [0.5, 0.6) is 0 Å². The lowest BCUT2D eigenvalue weighted by Gasteiger charge is -2.20. The summed E-state index contributed by atoms with van der Waals surface area (Å²) in [5.41, 5.74) is 1.91. The summed E-state index contributed by atoms with van der Waals surface area (Å²) >= 11 is 3.26. The molecular formula is C17H16BrNO4S. The molecule has 0 heterocycles. The van der Waals surface area contributed by atoms with E-state index in [1.165, 1.54) is 12.1 Å². The molecule has 0 bridgehead atoms. The number of anilines is 1. The number of hydrogen-bond donors (Lipinski definition) is 2. The molecule has 0 saturated heterocycles. The maximum atomic E-state index is 12.5. The fourth-order valence-corrected chi connectivity index (χ4v) is 4.31. The second-order valence-corrected chi connectivity index (χ2v) is 8.30. The highest BCUT2D eigenvalue weighted by Crippen LogP contribution is 2.31. The van der Waals surface area contributed by atoms with Gasteiger partial charge in [-0.2, -0.15) is 0 Å². The third-order valence-corrected chi connectivity index (χ3v) is 6.03. The van der Waals surface area contributed by atoms with E-state index in [-0.39, 0.29) is 16.1 Å². The lowest BCUT2D eigenvalue weighted by atomic mass is 9.87. The minimum Gasteiger partial charge on any atom is -0.478 e. The predicted molar refractivity (Wildman–Crippen MR) is 95.0 cm³/mol. The summed E-state index contributed by atoms with van der Waals surface area (Å²) in [4.78, 5) is 11.8. The Morgan fingerprint density at radius 2 is 1.71 bits per heavy atom. The van der Waals surface area contributed by atoms with Crippen molar-refractivity contribution in [3.8, 4) is 0 Å². The normalized spacial score (nSPS) is 14.0. The molecule has 0 fully saturated rings. The Kier molecular flexibility index (Phi) is 4.64. The highest BCUT2D eigenvalue weighted by atomic mass is 79.9. The molecule has 126 valence electrons. The van der Waals surface area contributed by atoms with Crippen molar-refractivity contribution in [2.75, 3.05) is 4.72 Å². The smallest absolute Gasteiger partial charge is 0.338 e. The van der Waals surface area contributed by atoms with Crippen LogP contribution in [0.25, 0.3) is 0 Å². The number of rotatable bonds is 4. The molecule has 0 spiro atoms. The summed E-state index contributed by atoms with van der Waals surface area (Å²) < 4.78 is 28.3. The standard InChI is InChI=1S/C17H16BrNO4S/c18-12-6-8-13(9-7-12)24(22,23)19-15-10-5-11-3-1-2-4-14(11)16(15)17(20)21/h5-10,19H,1-4H2,(H,20,21). The molecule has 5 nitrogen and oxygen atoms in total. The van der Waals surface area contributed by atoms with Crippen LogP contribution >= 0.6 is 15.9 Å². The van der Waals surface area contributed by atoms with E-state index in [0.29, 0.717) is 6.42 Å². The number of sulfonamides is 1. The van der Waals surface area contributed by atoms with E-state index < -0.39 is 16.0 Å². The third kappa shape index (κ3) is 3.32. The second-order valence-electron chi connectivity index (χ2n) is 5.70. The summed E-state index contributed by atoms with van der Waals surface area (Å²) in [6.07, 6.45) is 3.42. The van der Waals surface area contributed by atoms with E-state index in [1.54, 1.807) is 18.2 Å². The van der Waals surface area contributed by atoms with E-state index in [4.69, 9.17) is 0 Å². The van der Waals surface area contributed by atoms with Gasteiger partial charge in [-0.05, 0) is 67.1 Å². The average molecular weight is 410 g/mol. The Morgan fingerprint density at radius 1 is 1.04 bits per heavy atom. The number of aryl methyl sites for hydroxylation is 1. The van der Waals surface area contributed by atoms with Crippen molar-refractivity contribution in [3.63, 3.8) is 0 Å². The summed E-state index contributed by atoms with van der Waals surface area (Å²) in [6, 6.07) is 9.54. The molecular weight excluding hydrogens is 394 g/mol. The van der Waals surface area contributed by atoms with Gasteiger partial charge in [0.1, 0.15) is 0 Å². The Morgan fingerprint density at radius 3 is 2.38 bits per heavy atom. The highest BCUT2D eigenvalue weighted by molar-refractivity contribution is 9.10. The van der Waals surface area contributed by atoms with Crippen molar-refractivity contribution >= 4 is 37.6 Å². The SMILES string of the molecule is O=C(O)c1c(NS(=O)(=O)c2ccc(Br)cc2)ccc2c1CCCC2. The lowest BCUT2D eigenvalue weighted by molar-refractivity contribution is 0.0696. The van der Waals surface area contributed by atoms with Gasteiger partial charge in [0, 0.05) is 4.47 Å². The third-order valence-electron chi connectivity index (χ3n) is 4.11. The highest BCUT2D eigenvalue weighted by Gasteiger charge is 2.24. The van der Waals surface area contributed by atoms with Crippen molar-refractivity contribution < 1.29 is 18.3 Å². The van der Waals surface area contributed by atoms with Gasteiger partial charge in [0.15, 0.2) is 0 Å². The zero-order valence-electron chi connectivity index (χ0n) is 12.8. The Labute approximate surface area is 148 Å². The van der Waals surface area contributed by atoms with Crippen LogP contribution in [0.15, 0.2) is 45.8 Å². The fraction of sp³-hybridized carbons (Fsp3) is 0.235. The first-order valence-electron chi connectivity index (χ1n) is 7.55. The molecule has 0 radical (unpaired) electrons. The first-order valence-corrected chi connectivity index (χ1v) is 9.82. The lowest BCUT2D eigenvalue weighted by Crippen LogP contribution is -2.18. The van der Waals surface area contributed by atoms with Crippen LogP contribution in [0.1, 0.15) is 34.3 Å². The first-order chi connectivity index (χ1) is 11.4. The molecule has 0 atom stereocenters. The van der Waals surface area contributed by atoms with Crippen molar-refractivity contribution in [1.82, 2.24) is 0 Å². The fourth-order valence-electron chi connectivity index (χ4n) is 2.97. The molecule has 2 N–H and O–H groups in total. The number of benzene rings is 2. The molecule has 2 aromatic carbocycles. The summed E-state index contributed by atoms with van der Waals surface area (Å²) in [7, 11) is -3.85. The van der Waals surface area contributed by atoms with Crippen LogP contribution in [0, 0.1) is 0 Å². The molecule has 0 unspecified atom stereocenters. The van der Waals surface area contributed by atoms with Gasteiger partial charge in [-0.1, -0.05) is 22.0 Å². The molecule has 2 aromatic rings. The first kappa shape index (κ1) is 17.0. The van der Waals surface area contributed by atoms with Crippen LogP contribution in [-0.2, 0) is 22.9 Å². The van der Waals surface area contributed by atoms with Gasteiger partial charge in [-0.3, -0.25) is 4.72 Å². The van der Waals surface area contributed by atoms with Crippen molar-refractivity contribution in [1.29, 1.82) is 0 Å². The summed E-state index contributed by atoms with van der Waals surface area (Å²) in [6.45, 7) is 0. The van der Waals surface area contributed by atoms with E-state index in [9.17, 15) is 18.3 Å². The van der Waals surface area contributed by atoms with Crippen LogP contribution in [0.3, 0.4) is 0 Å². The number of carbonyl (C=O) groups is 1. The van der Waals surface area contributed by atoms with Gasteiger partial charge in [0.2, 0.25) is 0 Å². The number of nitrogens with one attached hydrogen (secondary N) is 1. The molecule has 1 aliphatic rings. The maximum absolute atomic E-state index is 12.5. The number of carboxylic acids is 1. The predicted octanol–water partition coefficient (Wildman–Crippen LogP) is 3.83. The summed E-state index contributed by atoms with van der Waals surface area (Å²) in [5, 5.41) is 9.58. The van der Waals surface area contributed by atoms with E-state index >= 15 is 0 Å².